The lowest BCUT2D eigenvalue weighted by molar-refractivity contribution is 0.472. The molecule has 152 valence electrons. The molecule has 0 aromatic heterocycles. The van der Waals surface area contributed by atoms with Crippen LogP contribution in [0.2, 0.25) is 5.02 Å². The number of hydrogen-bond donors (Lipinski definition) is 3. The van der Waals surface area contributed by atoms with Gasteiger partial charge in [-0.3, -0.25) is 9.11 Å². The van der Waals surface area contributed by atoms with E-state index in [-0.39, 0.29) is 21.5 Å². The Morgan fingerprint density at radius 3 is 2.17 bits per heavy atom. The molecule has 0 unspecified atom stereocenters. The molecule has 3 rings (SSSR count). The summed E-state index contributed by atoms with van der Waals surface area (Å²) in [4.78, 5) is -1.33. The SMILES string of the molecule is O=S(=O)(O)c1ccc2c(O)c(N=Nc3ccc(I)cc3Cl)c(S(=O)(=O)O)cc2c1. The highest BCUT2D eigenvalue weighted by Gasteiger charge is 2.23. The van der Waals surface area contributed by atoms with Gasteiger partial charge in [-0.15, -0.1) is 10.2 Å². The first kappa shape index (κ1) is 21.9. The summed E-state index contributed by atoms with van der Waals surface area (Å²) < 4.78 is 65.7. The number of aromatic hydroxyl groups is 1. The van der Waals surface area contributed by atoms with Gasteiger partial charge in [-0.05, 0) is 70.4 Å². The van der Waals surface area contributed by atoms with Crippen LogP contribution in [0.4, 0.5) is 11.4 Å². The summed E-state index contributed by atoms with van der Waals surface area (Å²) in [6.45, 7) is 0. The Labute approximate surface area is 183 Å². The van der Waals surface area contributed by atoms with Crippen LogP contribution in [-0.2, 0) is 20.2 Å². The highest BCUT2D eigenvalue weighted by Crippen LogP contribution is 2.42. The Morgan fingerprint density at radius 1 is 0.897 bits per heavy atom. The Morgan fingerprint density at radius 2 is 1.59 bits per heavy atom. The van der Waals surface area contributed by atoms with Crippen LogP contribution in [0, 0.1) is 3.57 Å². The van der Waals surface area contributed by atoms with Crippen LogP contribution >= 0.6 is 34.2 Å². The zero-order valence-electron chi connectivity index (χ0n) is 14.0. The quantitative estimate of drug-likeness (QED) is 0.234. The molecule has 0 amide bonds. The van der Waals surface area contributed by atoms with Crippen LogP contribution in [0.3, 0.4) is 0 Å². The van der Waals surface area contributed by atoms with Gasteiger partial charge in [-0.2, -0.15) is 16.8 Å². The van der Waals surface area contributed by atoms with Gasteiger partial charge in [0.15, 0.2) is 5.75 Å². The van der Waals surface area contributed by atoms with Crippen molar-refractivity contribution >= 4 is 76.6 Å². The largest absolute Gasteiger partial charge is 0.505 e. The van der Waals surface area contributed by atoms with E-state index in [1.165, 1.54) is 6.07 Å². The molecule has 0 aliphatic rings. The molecule has 0 heterocycles. The Bertz CT molecular complexity index is 1390. The normalized spacial score (nSPS) is 12.7. The minimum absolute atomic E-state index is 0.0208. The number of halogens is 2. The maximum atomic E-state index is 11.8. The molecule has 0 bridgehead atoms. The average Bonchev–Trinajstić information content (AvgIpc) is 2.60. The number of phenols is 1. The summed E-state index contributed by atoms with van der Waals surface area (Å²) in [5, 5.41) is 18.2. The molecule has 0 spiro atoms. The van der Waals surface area contributed by atoms with Gasteiger partial charge in [-0.25, -0.2) is 0 Å². The second kappa shape index (κ2) is 7.77. The lowest BCUT2D eigenvalue weighted by Gasteiger charge is -2.09. The van der Waals surface area contributed by atoms with Gasteiger partial charge in [0.1, 0.15) is 16.3 Å². The topological polar surface area (TPSA) is 154 Å². The van der Waals surface area contributed by atoms with Gasteiger partial charge in [0.25, 0.3) is 20.2 Å². The number of benzene rings is 3. The summed E-state index contributed by atoms with van der Waals surface area (Å²) in [5.41, 5.74) is -0.371. The number of azo groups is 1. The molecule has 0 saturated heterocycles. The molecule has 0 atom stereocenters. The predicted octanol–water partition coefficient (Wildman–Crippen LogP) is 4.71. The predicted molar refractivity (Wildman–Crippen MR) is 114 cm³/mol. The molecule has 3 N–H and O–H groups in total. The van der Waals surface area contributed by atoms with Gasteiger partial charge in [-0.1, -0.05) is 11.6 Å². The van der Waals surface area contributed by atoms with E-state index in [0.29, 0.717) is 0 Å². The molecule has 0 aliphatic heterocycles. The standard InChI is InChI=1S/C16H10ClIN2O7S2/c17-12-7-9(18)1-4-13(12)19-20-15-14(29(25,26)27)6-8-5-10(28(22,23)24)2-3-11(8)16(15)21/h1-7,21H,(H,22,23,24)(H,25,26,27). The van der Waals surface area contributed by atoms with E-state index in [4.69, 9.17) is 16.2 Å². The van der Waals surface area contributed by atoms with E-state index in [9.17, 15) is 26.5 Å². The van der Waals surface area contributed by atoms with Crippen LogP contribution in [-0.4, -0.2) is 31.0 Å². The fraction of sp³-hybridized carbons (Fsp3) is 0. The molecule has 0 fully saturated rings. The smallest absolute Gasteiger partial charge is 0.296 e. The van der Waals surface area contributed by atoms with Gasteiger partial charge >= 0.3 is 0 Å². The third-order valence-electron chi connectivity index (χ3n) is 3.77. The Hall–Kier alpha value is -1.84. The Balaban J connectivity index is 2.28. The van der Waals surface area contributed by atoms with E-state index in [1.807, 2.05) is 22.6 Å². The van der Waals surface area contributed by atoms with E-state index < -0.39 is 41.5 Å². The Kier molecular flexibility index (Phi) is 5.86. The van der Waals surface area contributed by atoms with Crippen molar-refractivity contribution in [1.29, 1.82) is 0 Å². The number of fused-ring (bicyclic) bond motifs is 1. The maximum absolute atomic E-state index is 11.8. The molecule has 0 aliphatic carbocycles. The molecule has 9 nitrogen and oxygen atoms in total. The fourth-order valence-corrected chi connectivity index (χ4v) is 4.52. The van der Waals surface area contributed by atoms with Crippen molar-refractivity contribution < 1.29 is 31.0 Å². The first-order valence-corrected chi connectivity index (χ1v) is 11.8. The zero-order valence-corrected chi connectivity index (χ0v) is 18.5. The molecule has 0 saturated carbocycles. The van der Waals surface area contributed by atoms with Crippen LogP contribution < -0.4 is 0 Å². The third kappa shape index (κ3) is 4.67. The van der Waals surface area contributed by atoms with Gasteiger partial charge in [0.05, 0.1) is 9.92 Å². The van der Waals surface area contributed by atoms with Gasteiger partial charge < -0.3 is 5.11 Å². The average molecular weight is 569 g/mol. The number of nitrogens with zero attached hydrogens (tertiary/aromatic N) is 2. The van der Waals surface area contributed by atoms with Gasteiger partial charge in [0, 0.05) is 8.96 Å². The molecule has 29 heavy (non-hydrogen) atoms. The molecule has 0 radical (unpaired) electrons. The van der Waals surface area contributed by atoms with Crippen molar-refractivity contribution in [2.75, 3.05) is 0 Å². The molecular weight excluding hydrogens is 559 g/mol. The number of phenolic OH excluding ortho intramolecular Hbond substituents is 1. The second-order valence-electron chi connectivity index (χ2n) is 5.70. The highest BCUT2D eigenvalue weighted by molar-refractivity contribution is 14.1. The van der Waals surface area contributed by atoms with Crippen LogP contribution in [0.1, 0.15) is 0 Å². The third-order valence-corrected chi connectivity index (χ3v) is 6.46. The van der Waals surface area contributed by atoms with E-state index in [1.54, 1.807) is 12.1 Å². The molecule has 3 aromatic carbocycles. The number of hydrogen-bond acceptors (Lipinski definition) is 7. The molecule has 3 aromatic rings. The fourth-order valence-electron chi connectivity index (χ4n) is 2.45. The van der Waals surface area contributed by atoms with Crippen LogP contribution in [0.25, 0.3) is 10.8 Å². The summed E-state index contributed by atoms with van der Waals surface area (Å²) in [6.07, 6.45) is 0. The summed E-state index contributed by atoms with van der Waals surface area (Å²) in [5.74, 6) is -0.664. The van der Waals surface area contributed by atoms with E-state index in [2.05, 4.69) is 10.2 Å². The van der Waals surface area contributed by atoms with Crippen molar-refractivity contribution in [3.63, 3.8) is 0 Å². The first-order chi connectivity index (χ1) is 13.4. The number of rotatable bonds is 4. The summed E-state index contributed by atoms with van der Waals surface area (Å²) >= 11 is 8.08. The molecule has 13 heteroatoms. The summed E-state index contributed by atoms with van der Waals surface area (Å²) in [7, 11) is -9.45. The van der Waals surface area contributed by atoms with Crippen molar-refractivity contribution in [3.05, 3.63) is 51.1 Å². The van der Waals surface area contributed by atoms with E-state index in [0.717, 1.165) is 27.8 Å². The minimum atomic E-state index is -4.88. The van der Waals surface area contributed by atoms with E-state index >= 15 is 0 Å². The zero-order chi connectivity index (χ0) is 21.6. The lowest BCUT2D eigenvalue weighted by atomic mass is 10.1. The van der Waals surface area contributed by atoms with Crippen molar-refractivity contribution in [2.24, 2.45) is 10.2 Å². The highest BCUT2D eigenvalue weighted by atomic mass is 127. The van der Waals surface area contributed by atoms with Crippen molar-refractivity contribution in [3.8, 4) is 5.75 Å². The first-order valence-electron chi connectivity index (χ1n) is 7.49. The monoisotopic (exact) mass is 568 g/mol. The second-order valence-corrected chi connectivity index (χ2v) is 10.2. The van der Waals surface area contributed by atoms with Crippen molar-refractivity contribution in [1.82, 2.24) is 0 Å². The minimum Gasteiger partial charge on any atom is -0.505 e. The maximum Gasteiger partial charge on any atom is 0.296 e. The summed E-state index contributed by atoms with van der Waals surface area (Å²) in [6, 6.07) is 8.81. The molecular formula is C16H10ClIN2O7S2. The van der Waals surface area contributed by atoms with Crippen LogP contribution in [0.5, 0.6) is 5.75 Å². The van der Waals surface area contributed by atoms with Crippen molar-refractivity contribution in [2.45, 2.75) is 9.79 Å². The van der Waals surface area contributed by atoms with Crippen LogP contribution in [0.15, 0.2) is 62.5 Å². The lowest BCUT2D eigenvalue weighted by Crippen LogP contribution is -2.00. The van der Waals surface area contributed by atoms with Gasteiger partial charge in [0.2, 0.25) is 0 Å².